The first-order valence-electron chi connectivity index (χ1n) is 34.6. The number of aliphatic hydroxyl groups is 11. The van der Waals surface area contributed by atoms with Crippen LogP contribution < -0.4 is 5.32 Å². The van der Waals surface area contributed by atoms with Crippen molar-refractivity contribution >= 4 is 5.91 Å². The third-order valence-corrected chi connectivity index (χ3v) is 17.5. The smallest absolute Gasteiger partial charge is 0.220 e. The SMILES string of the molecule is CCCCCCC/C=C\C/C=C\CCCCCCCCCCCCCCCCCCCCCCCCCC(=O)NC(COC1OC(CO)C(OC2OC(CO)C(OC3OC(CO)C(O)C(O)C3O)C(O)C2O)C(O)C1O)C(O)CCCCCCCC. The molecule has 3 heterocycles. The Balaban J connectivity index is 1.26. The monoisotopic (exact) mass is 1230 g/mol. The molecule has 0 bridgehead atoms. The minimum atomic E-state index is -1.97. The number of hydrogen-bond donors (Lipinski definition) is 12. The van der Waals surface area contributed by atoms with Crippen LogP contribution in [0.3, 0.4) is 0 Å². The van der Waals surface area contributed by atoms with Gasteiger partial charge >= 0.3 is 0 Å². The maximum absolute atomic E-state index is 13.3. The molecule has 19 heteroatoms. The highest BCUT2D eigenvalue weighted by atomic mass is 16.8. The Labute approximate surface area is 518 Å². The van der Waals surface area contributed by atoms with Gasteiger partial charge in [0.05, 0.1) is 38.6 Å². The number of amides is 1. The van der Waals surface area contributed by atoms with Crippen molar-refractivity contribution in [2.45, 2.75) is 369 Å². The number of ether oxygens (including phenoxy) is 6. The molecule has 86 heavy (non-hydrogen) atoms. The molecule has 0 spiro atoms. The van der Waals surface area contributed by atoms with Gasteiger partial charge in [0.2, 0.25) is 5.91 Å². The Morgan fingerprint density at radius 2 is 0.767 bits per heavy atom. The fraction of sp³-hybridized carbons (Fsp3) is 0.925. The predicted molar refractivity (Wildman–Crippen MR) is 333 cm³/mol. The lowest BCUT2D eigenvalue weighted by Gasteiger charge is -2.48. The minimum absolute atomic E-state index is 0.244. The first-order valence-corrected chi connectivity index (χ1v) is 34.6. The van der Waals surface area contributed by atoms with Crippen LogP contribution in [0.2, 0.25) is 0 Å². The van der Waals surface area contributed by atoms with Gasteiger partial charge in [-0.3, -0.25) is 4.79 Å². The van der Waals surface area contributed by atoms with Crippen LogP contribution in [0.1, 0.15) is 264 Å². The van der Waals surface area contributed by atoms with E-state index in [0.29, 0.717) is 12.8 Å². The number of aliphatic hydroxyl groups excluding tert-OH is 11. The molecule has 17 unspecified atom stereocenters. The van der Waals surface area contributed by atoms with E-state index >= 15 is 0 Å². The van der Waals surface area contributed by atoms with E-state index in [1.54, 1.807) is 0 Å². The van der Waals surface area contributed by atoms with Gasteiger partial charge in [-0.2, -0.15) is 0 Å². The molecule has 1 amide bonds. The number of allylic oxidation sites excluding steroid dienone is 4. The summed E-state index contributed by atoms with van der Waals surface area (Å²) < 4.78 is 34.2. The highest BCUT2D eigenvalue weighted by Gasteiger charge is 2.53. The Morgan fingerprint density at radius 3 is 1.19 bits per heavy atom. The fourth-order valence-electron chi connectivity index (χ4n) is 11.9. The lowest BCUT2D eigenvalue weighted by Crippen LogP contribution is -2.66. The van der Waals surface area contributed by atoms with Crippen molar-refractivity contribution in [3.05, 3.63) is 24.3 Å². The Bertz CT molecular complexity index is 1660. The van der Waals surface area contributed by atoms with Gasteiger partial charge in [-0.05, 0) is 44.9 Å². The molecule has 0 radical (unpaired) electrons. The fourth-order valence-corrected chi connectivity index (χ4v) is 11.9. The molecule has 3 rings (SSSR count). The van der Waals surface area contributed by atoms with E-state index in [2.05, 4.69) is 43.5 Å². The molecule has 0 saturated carbocycles. The van der Waals surface area contributed by atoms with E-state index in [-0.39, 0.29) is 18.9 Å². The predicted octanol–water partition coefficient (Wildman–Crippen LogP) is 8.66. The maximum atomic E-state index is 13.3. The molecular formula is C67H125NO18. The number of unbranched alkanes of at least 4 members (excludes halogenated alkanes) is 33. The van der Waals surface area contributed by atoms with Gasteiger partial charge in [0.25, 0.3) is 0 Å². The molecule has 0 aromatic carbocycles. The summed E-state index contributed by atoms with van der Waals surface area (Å²) in [7, 11) is 0. The number of nitrogens with one attached hydrogen (secondary N) is 1. The van der Waals surface area contributed by atoms with Gasteiger partial charge in [0.1, 0.15) is 73.2 Å². The zero-order chi connectivity index (χ0) is 62.6. The second-order valence-electron chi connectivity index (χ2n) is 25.0. The molecule has 0 aromatic rings. The van der Waals surface area contributed by atoms with Gasteiger partial charge in [0, 0.05) is 6.42 Å². The van der Waals surface area contributed by atoms with Gasteiger partial charge in [0.15, 0.2) is 18.9 Å². The largest absolute Gasteiger partial charge is 0.394 e. The van der Waals surface area contributed by atoms with Gasteiger partial charge < -0.3 is 89.9 Å². The summed E-state index contributed by atoms with van der Waals surface area (Å²) in [4.78, 5) is 13.3. The summed E-state index contributed by atoms with van der Waals surface area (Å²) in [5.74, 6) is -0.244. The Morgan fingerprint density at radius 1 is 0.419 bits per heavy atom. The highest BCUT2D eigenvalue weighted by molar-refractivity contribution is 5.76. The minimum Gasteiger partial charge on any atom is -0.394 e. The molecule has 0 aromatic heterocycles. The van der Waals surface area contributed by atoms with Gasteiger partial charge in [-0.15, -0.1) is 0 Å². The number of rotatable bonds is 53. The molecular weight excluding hydrogens is 1110 g/mol. The quantitative estimate of drug-likeness (QED) is 0.0200. The highest BCUT2D eigenvalue weighted by Crippen LogP contribution is 2.33. The van der Waals surface area contributed by atoms with E-state index < -0.39 is 124 Å². The summed E-state index contributed by atoms with van der Waals surface area (Å²) in [6, 6.07) is -0.880. The van der Waals surface area contributed by atoms with Crippen molar-refractivity contribution in [3.63, 3.8) is 0 Å². The first-order chi connectivity index (χ1) is 41.8. The van der Waals surface area contributed by atoms with E-state index in [4.69, 9.17) is 28.4 Å². The number of carbonyl (C=O) groups excluding carboxylic acids is 1. The zero-order valence-electron chi connectivity index (χ0n) is 53.3. The number of hydrogen-bond acceptors (Lipinski definition) is 18. The summed E-state index contributed by atoms with van der Waals surface area (Å²) >= 11 is 0. The molecule has 19 nitrogen and oxygen atoms in total. The standard InChI is InChI=1S/C67H125NO18/c1-3-5-7-9-11-12-13-14-15-16-17-18-19-20-21-22-23-24-25-26-27-28-29-30-31-32-33-34-35-36-37-38-39-41-43-45-55(73)68-50(51(72)44-42-40-10-8-6-4-2)49-81-65-61(79)58(76)63(53(47-70)83-65)86-67-62(80)59(77)64(54(48-71)84-67)85-66-60(78)57(75)56(74)52(46-69)82-66/h13-14,16-17,50-54,56-67,69-72,74-80H,3-12,15,18-49H2,1-2H3,(H,68,73)/b14-13-,17-16-. The van der Waals surface area contributed by atoms with Gasteiger partial charge in [-0.1, -0.05) is 237 Å². The Hall–Kier alpha value is -1.73. The van der Waals surface area contributed by atoms with Crippen LogP contribution in [0.15, 0.2) is 24.3 Å². The van der Waals surface area contributed by atoms with Crippen molar-refractivity contribution in [1.82, 2.24) is 5.32 Å². The van der Waals surface area contributed by atoms with Crippen LogP contribution in [0.5, 0.6) is 0 Å². The van der Waals surface area contributed by atoms with Gasteiger partial charge in [-0.25, -0.2) is 0 Å². The van der Waals surface area contributed by atoms with Crippen LogP contribution in [0, 0.1) is 0 Å². The molecule has 3 fully saturated rings. The lowest BCUT2D eigenvalue weighted by molar-refractivity contribution is -0.379. The van der Waals surface area contributed by atoms with Crippen molar-refractivity contribution in [1.29, 1.82) is 0 Å². The maximum Gasteiger partial charge on any atom is 0.220 e. The molecule has 506 valence electrons. The summed E-state index contributed by atoms with van der Waals surface area (Å²) in [5.41, 5.74) is 0. The summed E-state index contributed by atoms with van der Waals surface area (Å²) in [5, 5.41) is 120. The molecule has 3 aliphatic rings. The molecule has 3 aliphatic heterocycles. The second kappa shape index (κ2) is 49.9. The van der Waals surface area contributed by atoms with Crippen molar-refractivity contribution in [2.75, 3.05) is 26.4 Å². The van der Waals surface area contributed by atoms with E-state index in [0.717, 1.165) is 64.2 Å². The number of carbonyl (C=O) groups is 1. The lowest BCUT2D eigenvalue weighted by atomic mass is 9.96. The topological polar surface area (TPSA) is 307 Å². The Kier molecular flexibility index (Phi) is 45.6. The second-order valence-corrected chi connectivity index (χ2v) is 25.0. The third kappa shape index (κ3) is 32.0. The molecule has 12 N–H and O–H groups in total. The normalized spacial score (nSPS) is 28.9. The summed E-state index contributed by atoms with van der Waals surface area (Å²) in [6.45, 7) is 1.71. The van der Waals surface area contributed by atoms with Crippen molar-refractivity contribution in [2.24, 2.45) is 0 Å². The van der Waals surface area contributed by atoms with Crippen LogP contribution in [-0.2, 0) is 33.2 Å². The molecule has 3 saturated heterocycles. The van der Waals surface area contributed by atoms with E-state index in [9.17, 15) is 61.0 Å². The summed E-state index contributed by atoms with van der Waals surface area (Å²) in [6.07, 6.45) is 29.3. The van der Waals surface area contributed by atoms with E-state index in [1.807, 2.05) is 0 Å². The van der Waals surface area contributed by atoms with Crippen LogP contribution >= 0.6 is 0 Å². The first kappa shape index (κ1) is 78.5. The van der Waals surface area contributed by atoms with Crippen LogP contribution in [0.25, 0.3) is 0 Å². The van der Waals surface area contributed by atoms with Crippen LogP contribution in [-0.4, -0.2) is 193 Å². The van der Waals surface area contributed by atoms with Crippen molar-refractivity contribution < 1.29 is 89.4 Å². The molecule has 17 atom stereocenters. The van der Waals surface area contributed by atoms with Crippen molar-refractivity contribution in [3.8, 4) is 0 Å². The third-order valence-electron chi connectivity index (χ3n) is 17.5. The zero-order valence-corrected chi connectivity index (χ0v) is 53.3. The molecule has 0 aliphatic carbocycles. The van der Waals surface area contributed by atoms with Crippen LogP contribution in [0.4, 0.5) is 0 Å². The average molecular weight is 1230 g/mol. The average Bonchev–Trinajstić information content (AvgIpc) is 2.46. The van der Waals surface area contributed by atoms with E-state index in [1.165, 1.54) is 167 Å².